The van der Waals surface area contributed by atoms with E-state index in [9.17, 15) is 18.0 Å². The first-order chi connectivity index (χ1) is 19.2. The molecule has 1 aliphatic carbocycles. The van der Waals surface area contributed by atoms with Gasteiger partial charge in [0, 0.05) is 51.3 Å². The van der Waals surface area contributed by atoms with E-state index in [-0.39, 0.29) is 11.3 Å². The zero-order valence-corrected chi connectivity index (χ0v) is 24.3. The van der Waals surface area contributed by atoms with Crippen LogP contribution in [0.3, 0.4) is 0 Å². The Bertz CT molecular complexity index is 1330. The largest absolute Gasteiger partial charge is 0.342 e. The van der Waals surface area contributed by atoms with Crippen molar-refractivity contribution in [3.05, 3.63) is 65.7 Å². The highest BCUT2D eigenvalue weighted by Crippen LogP contribution is 2.43. The third kappa shape index (κ3) is 5.84. The van der Waals surface area contributed by atoms with Crippen LogP contribution in [0.4, 0.5) is 0 Å². The van der Waals surface area contributed by atoms with E-state index in [1.165, 1.54) is 24.7 Å². The molecule has 0 radical (unpaired) electrons. The lowest BCUT2D eigenvalue weighted by Crippen LogP contribution is -2.46. The summed E-state index contributed by atoms with van der Waals surface area (Å²) in [4.78, 5) is 33.5. The maximum absolute atomic E-state index is 13.6. The highest BCUT2D eigenvalue weighted by Gasteiger charge is 2.48. The number of amides is 2. The molecule has 0 aromatic heterocycles. The van der Waals surface area contributed by atoms with Crippen molar-refractivity contribution in [3.63, 3.8) is 0 Å². The normalized spacial score (nSPS) is 25.2. The molecule has 4 aliphatic rings. The van der Waals surface area contributed by atoms with Gasteiger partial charge in [-0.2, -0.15) is 0 Å². The van der Waals surface area contributed by atoms with E-state index in [0.717, 1.165) is 64.1 Å². The molecule has 7 nitrogen and oxygen atoms in total. The number of piperidine rings is 1. The van der Waals surface area contributed by atoms with Gasteiger partial charge in [-0.15, -0.1) is 0 Å². The van der Waals surface area contributed by atoms with E-state index in [2.05, 4.69) is 40.1 Å². The molecule has 3 aliphatic heterocycles. The molecule has 2 amide bonds. The molecule has 40 heavy (non-hydrogen) atoms. The second-order valence-electron chi connectivity index (χ2n) is 12.7. The summed E-state index contributed by atoms with van der Waals surface area (Å²) in [6.07, 6.45) is 6.96. The van der Waals surface area contributed by atoms with E-state index < -0.39 is 9.84 Å². The van der Waals surface area contributed by atoms with Gasteiger partial charge in [0.25, 0.3) is 0 Å². The Kier molecular flexibility index (Phi) is 7.51. The predicted molar refractivity (Wildman–Crippen MR) is 154 cm³/mol. The second kappa shape index (κ2) is 10.9. The fourth-order valence-corrected chi connectivity index (χ4v) is 7.73. The minimum atomic E-state index is -3.23. The van der Waals surface area contributed by atoms with Crippen LogP contribution in [0.25, 0.3) is 0 Å². The topological polar surface area (TPSA) is 78.0 Å². The lowest BCUT2D eigenvalue weighted by Gasteiger charge is -2.39. The van der Waals surface area contributed by atoms with Crippen molar-refractivity contribution in [2.24, 2.45) is 17.3 Å². The van der Waals surface area contributed by atoms with Gasteiger partial charge >= 0.3 is 0 Å². The Labute approximate surface area is 238 Å². The van der Waals surface area contributed by atoms with Gasteiger partial charge in [-0.05, 0) is 80.3 Å². The van der Waals surface area contributed by atoms with Crippen LogP contribution in [0.2, 0.25) is 0 Å². The number of carbonyl (C=O) groups is 2. The summed E-state index contributed by atoms with van der Waals surface area (Å²) >= 11 is 0. The molecule has 2 unspecified atom stereocenters. The summed E-state index contributed by atoms with van der Waals surface area (Å²) in [7, 11) is -3.23. The number of hydrogen-bond donors (Lipinski definition) is 0. The van der Waals surface area contributed by atoms with Gasteiger partial charge in [0.05, 0.1) is 10.3 Å². The maximum atomic E-state index is 13.6. The minimum absolute atomic E-state index is 0.249. The van der Waals surface area contributed by atoms with Gasteiger partial charge in [0.2, 0.25) is 11.8 Å². The van der Waals surface area contributed by atoms with Crippen LogP contribution in [0.15, 0.2) is 59.5 Å². The second-order valence-corrected chi connectivity index (χ2v) is 14.7. The van der Waals surface area contributed by atoms with Crippen molar-refractivity contribution in [2.75, 3.05) is 45.5 Å². The number of carbonyl (C=O) groups excluding carboxylic acids is 2. The average molecular weight is 564 g/mol. The standard InChI is InChI=1S/C32H41N3O4S/c1-40(38,39)28-11-9-25(10-12-28)20-34-18-15-32(31(34)37)13-16-33(17-14-32)21-27-22-35(30(36)19-24-7-8-24)23-29(27)26-5-3-2-4-6-26/h2-6,9-12,24,27,29H,7-8,13-23H2,1H3. The highest BCUT2D eigenvalue weighted by molar-refractivity contribution is 7.90. The fourth-order valence-electron chi connectivity index (χ4n) is 7.10. The summed E-state index contributed by atoms with van der Waals surface area (Å²) in [5.41, 5.74) is 2.02. The first-order valence-corrected chi connectivity index (χ1v) is 16.7. The average Bonchev–Trinajstić information content (AvgIpc) is 3.59. The Hall–Kier alpha value is -2.71. The van der Waals surface area contributed by atoms with Crippen molar-refractivity contribution in [1.82, 2.24) is 14.7 Å². The number of nitrogens with zero attached hydrogens (tertiary/aromatic N) is 3. The first-order valence-electron chi connectivity index (χ1n) is 14.8. The van der Waals surface area contributed by atoms with E-state index >= 15 is 0 Å². The molecule has 1 saturated carbocycles. The van der Waals surface area contributed by atoms with Crippen LogP contribution >= 0.6 is 0 Å². The van der Waals surface area contributed by atoms with Crippen LogP contribution < -0.4 is 0 Å². The molecule has 3 heterocycles. The molecule has 4 fully saturated rings. The summed E-state index contributed by atoms with van der Waals surface area (Å²) in [5, 5.41) is 0. The van der Waals surface area contributed by atoms with E-state index in [1.807, 2.05) is 17.0 Å². The zero-order valence-electron chi connectivity index (χ0n) is 23.5. The molecule has 0 N–H and O–H groups in total. The quantitative estimate of drug-likeness (QED) is 0.486. The van der Waals surface area contributed by atoms with Crippen molar-refractivity contribution in [2.45, 2.75) is 55.9 Å². The predicted octanol–water partition coefficient (Wildman–Crippen LogP) is 3.95. The number of likely N-dealkylation sites (tertiary alicyclic amines) is 3. The minimum Gasteiger partial charge on any atom is -0.342 e. The molecule has 0 bridgehead atoms. The van der Waals surface area contributed by atoms with E-state index in [0.29, 0.717) is 41.5 Å². The van der Waals surface area contributed by atoms with Crippen LogP contribution in [0.1, 0.15) is 55.6 Å². The summed E-state index contributed by atoms with van der Waals surface area (Å²) < 4.78 is 23.5. The van der Waals surface area contributed by atoms with Crippen LogP contribution in [0, 0.1) is 17.3 Å². The van der Waals surface area contributed by atoms with Crippen LogP contribution in [-0.2, 0) is 26.0 Å². The fraction of sp³-hybridized carbons (Fsp3) is 0.562. The molecule has 1 spiro atoms. The molecule has 2 aromatic carbocycles. The maximum Gasteiger partial charge on any atom is 0.229 e. The van der Waals surface area contributed by atoms with Gasteiger partial charge in [0.1, 0.15) is 0 Å². The molecular weight excluding hydrogens is 522 g/mol. The van der Waals surface area contributed by atoms with Crippen molar-refractivity contribution in [3.8, 4) is 0 Å². The zero-order chi connectivity index (χ0) is 27.9. The molecular formula is C32H41N3O4S. The van der Waals surface area contributed by atoms with E-state index in [4.69, 9.17) is 0 Å². The Morgan fingerprint density at radius 2 is 1.60 bits per heavy atom. The Morgan fingerprint density at radius 3 is 2.25 bits per heavy atom. The van der Waals surface area contributed by atoms with Gasteiger partial charge in [0.15, 0.2) is 9.84 Å². The van der Waals surface area contributed by atoms with Crippen LogP contribution in [-0.4, -0.2) is 80.5 Å². The van der Waals surface area contributed by atoms with Crippen LogP contribution in [0.5, 0.6) is 0 Å². The summed E-state index contributed by atoms with van der Waals surface area (Å²) in [5.74, 6) is 1.95. The molecule has 3 saturated heterocycles. The number of rotatable bonds is 8. The van der Waals surface area contributed by atoms with Gasteiger partial charge < -0.3 is 14.7 Å². The molecule has 2 atom stereocenters. The third-order valence-electron chi connectivity index (χ3n) is 9.81. The van der Waals surface area contributed by atoms with Crippen molar-refractivity contribution >= 4 is 21.7 Å². The molecule has 214 valence electrons. The number of hydrogen-bond acceptors (Lipinski definition) is 5. The monoisotopic (exact) mass is 563 g/mol. The first kappa shape index (κ1) is 27.5. The lowest BCUT2D eigenvalue weighted by atomic mass is 9.76. The lowest BCUT2D eigenvalue weighted by molar-refractivity contribution is -0.139. The third-order valence-corrected chi connectivity index (χ3v) is 10.9. The molecule has 2 aromatic rings. The van der Waals surface area contributed by atoms with Gasteiger partial charge in [-0.1, -0.05) is 42.5 Å². The van der Waals surface area contributed by atoms with Crippen molar-refractivity contribution < 1.29 is 18.0 Å². The Morgan fingerprint density at radius 1 is 0.925 bits per heavy atom. The van der Waals surface area contributed by atoms with Gasteiger partial charge in [-0.3, -0.25) is 9.59 Å². The Balaban J connectivity index is 1.06. The molecule has 8 heteroatoms. The summed E-state index contributed by atoms with van der Waals surface area (Å²) in [6.45, 7) is 5.72. The summed E-state index contributed by atoms with van der Waals surface area (Å²) in [6, 6.07) is 17.6. The van der Waals surface area contributed by atoms with Gasteiger partial charge in [-0.25, -0.2) is 8.42 Å². The smallest absolute Gasteiger partial charge is 0.229 e. The van der Waals surface area contributed by atoms with E-state index in [1.54, 1.807) is 12.1 Å². The number of benzene rings is 2. The number of sulfone groups is 1. The SMILES string of the molecule is CS(=O)(=O)c1ccc(CN2CCC3(CCN(CC4CN(C(=O)CC5CC5)CC4c4ccccc4)CC3)C2=O)cc1. The van der Waals surface area contributed by atoms with Crippen molar-refractivity contribution in [1.29, 1.82) is 0 Å². The molecule has 6 rings (SSSR count). The highest BCUT2D eigenvalue weighted by atomic mass is 32.2.